The number of hydrogen-bond donors (Lipinski definition) is 2. The summed E-state index contributed by atoms with van der Waals surface area (Å²) >= 11 is 0. The molecular formula is C11H9F2N3O4S. The van der Waals surface area contributed by atoms with E-state index in [-0.39, 0.29) is 5.69 Å². The molecule has 2 aromatic rings. The fraction of sp³-hybridized carbons (Fsp3) is 0.0909. The standard InChI is InChI=1S/C11H9F2N3O4S/c12-7-1-8(13)3-10(2-7)21(19,20)15-9-4-14-16(5-9)6-11(17)18/h1-5,15H,6H2,(H,17,18). The molecule has 0 fully saturated rings. The van der Waals surface area contributed by atoms with Crippen molar-refractivity contribution in [2.75, 3.05) is 4.72 Å². The molecule has 1 heterocycles. The fourth-order valence-corrected chi connectivity index (χ4v) is 2.61. The van der Waals surface area contributed by atoms with Crippen LogP contribution in [0.25, 0.3) is 0 Å². The van der Waals surface area contributed by atoms with Crippen LogP contribution in [-0.4, -0.2) is 29.3 Å². The lowest BCUT2D eigenvalue weighted by atomic mass is 10.3. The van der Waals surface area contributed by atoms with Crippen molar-refractivity contribution >= 4 is 21.7 Å². The van der Waals surface area contributed by atoms with Crippen LogP contribution in [-0.2, 0) is 21.4 Å². The summed E-state index contributed by atoms with van der Waals surface area (Å²) in [7, 11) is -4.20. The van der Waals surface area contributed by atoms with Crippen molar-refractivity contribution in [3.63, 3.8) is 0 Å². The lowest BCUT2D eigenvalue weighted by Crippen LogP contribution is -2.13. The van der Waals surface area contributed by atoms with E-state index in [1.54, 1.807) is 0 Å². The Morgan fingerprint density at radius 1 is 1.29 bits per heavy atom. The van der Waals surface area contributed by atoms with Crippen LogP contribution in [0.5, 0.6) is 0 Å². The largest absolute Gasteiger partial charge is 0.480 e. The summed E-state index contributed by atoms with van der Waals surface area (Å²) in [6.45, 7) is -0.448. The number of carboxylic acids is 1. The number of carboxylic acid groups (broad SMARTS) is 1. The number of nitrogens with one attached hydrogen (secondary N) is 1. The van der Waals surface area contributed by atoms with E-state index in [2.05, 4.69) is 5.10 Å². The number of benzene rings is 1. The summed E-state index contributed by atoms with van der Waals surface area (Å²) in [5.74, 6) is -3.21. The van der Waals surface area contributed by atoms with Gasteiger partial charge in [0.25, 0.3) is 10.0 Å². The van der Waals surface area contributed by atoms with Gasteiger partial charge in [-0.05, 0) is 12.1 Å². The van der Waals surface area contributed by atoms with Gasteiger partial charge in [0.1, 0.15) is 18.2 Å². The first kappa shape index (κ1) is 14.9. The Hall–Kier alpha value is -2.49. The predicted octanol–water partition coefficient (Wildman–Crippen LogP) is 1.05. The summed E-state index contributed by atoms with van der Waals surface area (Å²) in [6.07, 6.45) is 2.22. The highest BCUT2D eigenvalue weighted by Crippen LogP contribution is 2.17. The molecule has 21 heavy (non-hydrogen) atoms. The number of rotatable bonds is 5. The van der Waals surface area contributed by atoms with Crippen LogP contribution in [0, 0.1) is 11.6 Å². The first-order valence-electron chi connectivity index (χ1n) is 5.49. The van der Waals surface area contributed by atoms with Crippen LogP contribution in [0.3, 0.4) is 0 Å². The number of sulfonamides is 1. The quantitative estimate of drug-likeness (QED) is 0.858. The molecule has 0 aliphatic carbocycles. The molecule has 0 amide bonds. The van der Waals surface area contributed by atoms with Gasteiger partial charge in [0.05, 0.1) is 16.8 Å². The molecule has 7 nitrogen and oxygen atoms in total. The number of carbonyl (C=O) groups is 1. The number of aliphatic carboxylic acids is 1. The molecule has 10 heteroatoms. The first-order chi connectivity index (χ1) is 9.76. The van der Waals surface area contributed by atoms with Gasteiger partial charge >= 0.3 is 5.97 Å². The summed E-state index contributed by atoms with van der Waals surface area (Å²) < 4.78 is 53.0. The molecule has 0 atom stereocenters. The Bertz CT molecular complexity index is 768. The maximum absolute atomic E-state index is 13.0. The number of halogens is 2. The van der Waals surface area contributed by atoms with Crippen LogP contribution in [0.4, 0.5) is 14.5 Å². The Morgan fingerprint density at radius 3 is 2.48 bits per heavy atom. The minimum absolute atomic E-state index is 0.0269. The van der Waals surface area contributed by atoms with Gasteiger partial charge < -0.3 is 5.11 Å². The minimum atomic E-state index is -4.20. The monoisotopic (exact) mass is 317 g/mol. The van der Waals surface area contributed by atoms with Gasteiger partial charge in [-0.2, -0.15) is 5.10 Å². The van der Waals surface area contributed by atoms with E-state index in [1.807, 2.05) is 4.72 Å². The van der Waals surface area contributed by atoms with E-state index < -0.39 is 39.1 Å². The van der Waals surface area contributed by atoms with E-state index in [1.165, 1.54) is 0 Å². The third-order valence-electron chi connectivity index (χ3n) is 2.33. The molecule has 0 aliphatic heterocycles. The van der Waals surface area contributed by atoms with Gasteiger partial charge in [0.15, 0.2) is 0 Å². The zero-order chi connectivity index (χ0) is 15.6. The molecule has 0 unspecified atom stereocenters. The van der Waals surface area contributed by atoms with Crippen LogP contribution in [0.15, 0.2) is 35.5 Å². The maximum Gasteiger partial charge on any atom is 0.325 e. The molecule has 0 saturated heterocycles. The van der Waals surface area contributed by atoms with E-state index in [4.69, 9.17) is 5.11 Å². The van der Waals surface area contributed by atoms with Gasteiger partial charge in [-0.15, -0.1) is 0 Å². The summed E-state index contributed by atoms with van der Waals surface area (Å²) in [5, 5.41) is 12.2. The zero-order valence-corrected chi connectivity index (χ0v) is 11.1. The number of hydrogen-bond acceptors (Lipinski definition) is 4. The Kier molecular flexibility index (Phi) is 3.89. The molecule has 2 rings (SSSR count). The molecule has 0 aliphatic rings. The summed E-state index contributed by atoms with van der Waals surface area (Å²) in [6, 6.07) is 1.87. The highest BCUT2D eigenvalue weighted by atomic mass is 32.2. The van der Waals surface area contributed by atoms with Gasteiger partial charge in [-0.3, -0.25) is 14.2 Å². The highest BCUT2D eigenvalue weighted by Gasteiger charge is 2.17. The highest BCUT2D eigenvalue weighted by molar-refractivity contribution is 7.92. The molecular weight excluding hydrogens is 308 g/mol. The van der Waals surface area contributed by atoms with Crippen molar-refractivity contribution in [2.24, 2.45) is 0 Å². The molecule has 1 aromatic carbocycles. The van der Waals surface area contributed by atoms with Gasteiger partial charge in [-0.1, -0.05) is 0 Å². The Labute approximate surface area is 117 Å². The van der Waals surface area contributed by atoms with Crippen molar-refractivity contribution in [3.8, 4) is 0 Å². The first-order valence-corrected chi connectivity index (χ1v) is 6.98. The summed E-state index contributed by atoms with van der Waals surface area (Å²) in [4.78, 5) is 9.89. The van der Waals surface area contributed by atoms with Crippen molar-refractivity contribution in [2.45, 2.75) is 11.4 Å². The second kappa shape index (κ2) is 5.48. The van der Waals surface area contributed by atoms with E-state index in [9.17, 15) is 22.0 Å². The van der Waals surface area contributed by atoms with Crippen molar-refractivity contribution in [1.29, 1.82) is 0 Å². The lowest BCUT2D eigenvalue weighted by molar-refractivity contribution is -0.137. The third kappa shape index (κ3) is 3.75. The van der Waals surface area contributed by atoms with E-state index >= 15 is 0 Å². The van der Waals surface area contributed by atoms with Crippen LogP contribution in [0.1, 0.15) is 0 Å². The number of nitrogens with zero attached hydrogens (tertiary/aromatic N) is 2. The average molecular weight is 317 g/mol. The average Bonchev–Trinajstić information content (AvgIpc) is 2.73. The third-order valence-corrected chi connectivity index (χ3v) is 3.69. The Morgan fingerprint density at radius 2 is 1.90 bits per heavy atom. The maximum atomic E-state index is 13.0. The SMILES string of the molecule is O=C(O)Cn1cc(NS(=O)(=O)c2cc(F)cc(F)c2)cn1. The van der Waals surface area contributed by atoms with Gasteiger partial charge in [0, 0.05) is 12.3 Å². The van der Waals surface area contributed by atoms with Crippen molar-refractivity contribution < 1.29 is 27.1 Å². The molecule has 0 saturated carbocycles. The number of anilines is 1. The Balaban J connectivity index is 2.24. The number of aromatic nitrogens is 2. The zero-order valence-electron chi connectivity index (χ0n) is 10.3. The van der Waals surface area contributed by atoms with Gasteiger partial charge in [0.2, 0.25) is 0 Å². The second-order valence-electron chi connectivity index (χ2n) is 4.03. The predicted molar refractivity (Wildman–Crippen MR) is 67.0 cm³/mol. The fourth-order valence-electron chi connectivity index (χ4n) is 1.54. The van der Waals surface area contributed by atoms with Gasteiger partial charge in [-0.25, -0.2) is 17.2 Å². The molecule has 0 spiro atoms. The molecule has 112 valence electrons. The normalized spacial score (nSPS) is 11.3. The van der Waals surface area contributed by atoms with Crippen molar-refractivity contribution in [3.05, 3.63) is 42.2 Å². The summed E-state index contributed by atoms with van der Waals surface area (Å²) in [5.41, 5.74) is -0.0269. The van der Waals surface area contributed by atoms with E-state index in [0.717, 1.165) is 17.1 Å². The lowest BCUT2D eigenvalue weighted by Gasteiger charge is -2.06. The minimum Gasteiger partial charge on any atom is -0.480 e. The van der Waals surface area contributed by atoms with Crippen LogP contribution in [0.2, 0.25) is 0 Å². The topological polar surface area (TPSA) is 101 Å². The molecule has 0 bridgehead atoms. The second-order valence-corrected chi connectivity index (χ2v) is 5.71. The molecule has 2 N–H and O–H groups in total. The van der Waals surface area contributed by atoms with E-state index in [0.29, 0.717) is 18.2 Å². The smallest absolute Gasteiger partial charge is 0.325 e. The van der Waals surface area contributed by atoms with Crippen LogP contribution >= 0.6 is 0 Å². The van der Waals surface area contributed by atoms with Crippen LogP contribution < -0.4 is 4.72 Å². The van der Waals surface area contributed by atoms with Crippen molar-refractivity contribution in [1.82, 2.24) is 9.78 Å². The molecule has 1 aromatic heterocycles. The molecule has 0 radical (unpaired) electrons.